The van der Waals surface area contributed by atoms with Crippen LogP contribution in [0.4, 0.5) is 0 Å². The number of nitrogens with zero attached hydrogens (tertiary/aromatic N) is 2. The molecule has 0 aliphatic heterocycles. The predicted molar refractivity (Wildman–Crippen MR) is 77.4 cm³/mol. The van der Waals surface area contributed by atoms with Crippen LogP contribution in [-0.4, -0.2) is 44.1 Å². The zero-order valence-corrected chi connectivity index (χ0v) is 13.3. The Morgan fingerprint density at radius 1 is 1.45 bits per heavy atom. The van der Waals surface area contributed by atoms with Crippen LogP contribution in [0.1, 0.15) is 31.7 Å². The van der Waals surface area contributed by atoms with Crippen LogP contribution in [0, 0.1) is 6.92 Å². The van der Waals surface area contributed by atoms with Gasteiger partial charge in [-0.1, -0.05) is 19.0 Å². The van der Waals surface area contributed by atoms with Crippen molar-refractivity contribution in [3.8, 4) is 0 Å². The molecular weight excluding hydrogens is 280 g/mol. The van der Waals surface area contributed by atoms with Crippen molar-refractivity contribution >= 4 is 10.2 Å². The summed E-state index contributed by atoms with van der Waals surface area (Å²) < 4.78 is 32.7. The van der Waals surface area contributed by atoms with E-state index >= 15 is 0 Å². The van der Waals surface area contributed by atoms with Gasteiger partial charge in [-0.3, -0.25) is 0 Å². The van der Waals surface area contributed by atoms with Gasteiger partial charge in [-0.05, 0) is 19.9 Å². The molecule has 0 amide bonds. The summed E-state index contributed by atoms with van der Waals surface area (Å²) in [5.41, 5.74) is 0.729. The average Bonchev–Trinajstić information content (AvgIpc) is 2.77. The van der Waals surface area contributed by atoms with E-state index in [-0.39, 0.29) is 6.54 Å². The molecule has 0 atom stereocenters. The molecule has 0 unspecified atom stereocenters. The minimum Gasteiger partial charge on any atom is -0.360 e. The van der Waals surface area contributed by atoms with Crippen LogP contribution < -0.4 is 10.0 Å². The van der Waals surface area contributed by atoms with Crippen LogP contribution in [0.3, 0.4) is 0 Å². The van der Waals surface area contributed by atoms with E-state index in [1.165, 1.54) is 4.31 Å². The fraction of sp³-hybridized carbons (Fsp3) is 0.750. The van der Waals surface area contributed by atoms with Gasteiger partial charge in [-0.25, -0.2) is 0 Å². The summed E-state index contributed by atoms with van der Waals surface area (Å²) >= 11 is 0. The quantitative estimate of drug-likeness (QED) is 0.654. The van der Waals surface area contributed by atoms with Gasteiger partial charge in [0.25, 0.3) is 10.2 Å². The lowest BCUT2D eigenvalue weighted by Crippen LogP contribution is -2.39. The lowest BCUT2D eigenvalue weighted by atomic mass is 10.3. The van der Waals surface area contributed by atoms with Gasteiger partial charge in [0.2, 0.25) is 0 Å². The molecule has 0 bridgehead atoms. The molecule has 8 heteroatoms. The predicted octanol–water partition coefficient (Wildman–Crippen LogP) is 0.637. The molecule has 0 aliphatic rings. The van der Waals surface area contributed by atoms with Gasteiger partial charge < -0.3 is 9.84 Å². The van der Waals surface area contributed by atoms with E-state index in [0.717, 1.165) is 18.7 Å². The van der Waals surface area contributed by atoms with E-state index < -0.39 is 10.2 Å². The highest BCUT2D eigenvalue weighted by molar-refractivity contribution is 7.87. The lowest BCUT2D eigenvalue weighted by molar-refractivity contribution is 0.373. The Morgan fingerprint density at radius 3 is 2.70 bits per heavy atom. The number of nitrogens with one attached hydrogen (secondary N) is 2. The van der Waals surface area contributed by atoms with E-state index in [4.69, 9.17) is 4.52 Å². The molecule has 0 aliphatic carbocycles. The molecule has 0 saturated carbocycles. The highest BCUT2D eigenvalue weighted by atomic mass is 32.2. The summed E-state index contributed by atoms with van der Waals surface area (Å²) in [5.74, 6) is 0.501. The molecule has 0 spiro atoms. The molecule has 0 fully saturated rings. The van der Waals surface area contributed by atoms with E-state index in [1.807, 2.05) is 0 Å². The maximum absolute atomic E-state index is 12.0. The molecule has 116 valence electrons. The third kappa shape index (κ3) is 6.00. The molecule has 0 radical (unpaired) electrons. The van der Waals surface area contributed by atoms with Crippen molar-refractivity contribution in [3.63, 3.8) is 0 Å². The molecule has 1 aromatic heterocycles. The van der Waals surface area contributed by atoms with Crippen molar-refractivity contribution in [2.45, 2.75) is 39.8 Å². The van der Waals surface area contributed by atoms with Gasteiger partial charge in [0.1, 0.15) is 0 Å². The summed E-state index contributed by atoms with van der Waals surface area (Å²) in [4.78, 5) is 0. The fourth-order valence-electron chi connectivity index (χ4n) is 1.58. The third-order valence-electron chi connectivity index (χ3n) is 2.72. The summed E-state index contributed by atoms with van der Waals surface area (Å²) in [5, 5.41) is 6.96. The first-order chi connectivity index (χ1) is 9.31. The van der Waals surface area contributed by atoms with Crippen LogP contribution in [0.15, 0.2) is 10.6 Å². The molecule has 20 heavy (non-hydrogen) atoms. The Balaban J connectivity index is 2.35. The smallest absolute Gasteiger partial charge is 0.279 e. The molecule has 2 N–H and O–H groups in total. The minimum atomic E-state index is -3.48. The Hall–Kier alpha value is -0.960. The minimum absolute atomic E-state index is 0.109. The van der Waals surface area contributed by atoms with Crippen molar-refractivity contribution in [3.05, 3.63) is 17.5 Å². The second-order valence-electron chi connectivity index (χ2n) is 5.04. The SMILES string of the molecule is Cc1cc(CNS(=O)(=O)N(C)CCCNC(C)C)on1. The first kappa shape index (κ1) is 17.1. The van der Waals surface area contributed by atoms with Crippen LogP contribution in [0.5, 0.6) is 0 Å². The van der Waals surface area contributed by atoms with Crippen LogP contribution in [-0.2, 0) is 16.8 Å². The maximum Gasteiger partial charge on any atom is 0.279 e. The standard InChI is InChI=1S/C12H24N4O3S/c1-10(2)13-6-5-7-16(4)20(17,18)14-9-12-8-11(3)15-19-12/h8,10,13-14H,5-7,9H2,1-4H3. The summed E-state index contributed by atoms with van der Waals surface area (Å²) in [6.45, 7) is 7.26. The maximum atomic E-state index is 12.0. The molecular formula is C12H24N4O3S. The zero-order chi connectivity index (χ0) is 15.2. The van der Waals surface area contributed by atoms with E-state index in [1.54, 1.807) is 20.0 Å². The zero-order valence-electron chi connectivity index (χ0n) is 12.5. The van der Waals surface area contributed by atoms with Crippen molar-refractivity contribution < 1.29 is 12.9 Å². The molecule has 1 aromatic rings. The largest absolute Gasteiger partial charge is 0.360 e. The van der Waals surface area contributed by atoms with E-state index in [2.05, 4.69) is 29.0 Å². The third-order valence-corrected chi connectivity index (χ3v) is 4.23. The van der Waals surface area contributed by atoms with Gasteiger partial charge >= 0.3 is 0 Å². The normalized spacial score (nSPS) is 12.5. The van der Waals surface area contributed by atoms with Gasteiger partial charge in [0.15, 0.2) is 5.76 Å². The fourth-order valence-corrected chi connectivity index (χ4v) is 2.50. The molecule has 1 rings (SSSR count). The first-order valence-corrected chi connectivity index (χ1v) is 8.12. The lowest BCUT2D eigenvalue weighted by Gasteiger charge is -2.17. The monoisotopic (exact) mass is 304 g/mol. The van der Waals surface area contributed by atoms with Crippen molar-refractivity contribution in [2.75, 3.05) is 20.1 Å². The van der Waals surface area contributed by atoms with Gasteiger partial charge in [-0.2, -0.15) is 17.4 Å². The van der Waals surface area contributed by atoms with Crippen LogP contribution in [0.25, 0.3) is 0 Å². The average molecular weight is 304 g/mol. The van der Waals surface area contributed by atoms with Crippen molar-refractivity contribution in [2.24, 2.45) is 0 Å². The number of rotatable bonds is 9. The number of hydrogen-bond acceptors (Lipinski definition) is 5. The van der Waals surface area contributed by atoms with Crippen LogP contribution in [0.2, 0.25) is 0 Å². The summed E-state index contributed by atoms with van der Waals surface area (Å²) in [6.07, 6.45) is 0.761. The van der Waals surface area contributed by atoms with E-state index in [0.29, 0.717) is 18.3 Å². The van der Waals surface area contributed by atoms with Crippen molar-refractivity contribution in [1.29, 1.82) is 0 Å². The van der Waals surface area contributed by atoms with Gasteiger partial charge in [-0.15, -0.1) is 0 Å². The summed E-state index contributed by atoms with van der Waals surface area (Å²) in [7, 11) is -1.92. The Labute approximate surface area is 120 Å². The first-order valence-electron chi connectivity index (χ1n) is 6.68. The Morgan fingerprint density at radius 2 is 2.15 bits per heavy atom. The topological polar surface area (TPSA) is 87.5 Å². The second kappa shape index (κ2) is 7.72. The Bertz CT molecular complexity index is 499. The molecule has 0 aromatic carbocycles. The highest BCUT2D eigenvalue weighted by Crippen LogP contribution is 2.03. The summed E-state index contributed by atoms with van der Waals surface area (Å²) in [6, 6.07) is 2.11. The van der Waals surface area contributed by atoms with Crippen LogP contribution >= 0.6 is 0 Å². The number of hydrogen-bond donors (Lipinski definition) is 2. The highest BCUT2D eigenvalue weighted by Gasteiger charge is 2.17. The Kier molecular flexibility index (Phi) is 6.60. The van der Waals surface area contributed by atoms with E-state index in [9.17, 15) is 8.42 Å². The molecule has 7 nitrogen and oxygen atoms in total. The van der Waals surface area contributed by atoms with Crippen molar-refractivity contribution in [1.82, 2.24) is 19.5 Å². The number of aromatic nitrogens is 1. The molecule has 0 saturated heterocycles. The second-order valence-corrected chi connectivity index (χ2v) is 6.91. The van der Waals surface area contributed by atoms with Gasteiger partial charge in [0, 0.05) is 25.7 Å². The number of aryl methyl sites for hydroxylation is 1. The molecule has 1 heterocycles. The van der Waals surface area contributed by atoms with Gasteiger partial charge in [0.05, 0.1) is 12.2 Å².